The molecule has 0 aliphatic carbocycles. The molecule has 0 bridgehead atoms. The average molecular weight is 350 g/mol. The molecule has 0 atom stereocenters. The molecule has 1 aliphatic rings. The van der Waals surface area contributed by atoms with Crippen LogP contribution in [0.5, 0.6) is 0 Å². The van der Waals surface area contributed by atoms with E-state index in [0.717, 1.165) is 47.4 Å². The maximum atomic E-state index is 13.0. The normalized spacial score (nSPS) is 14.2. The van der Waals surface area contributed by atoms with Crippen LogP contribution >= 0.6 is 0 Å². The van der Waals surface area contributed by atoms with Crippen molar-refractivity contribution >= 4 is 22.7 Å². The second kappa shape index (κ2) is 6.78. The molecule has 0 unspecified atom stereocenters. The van der Waals surface area contributed by atoms with Crippen LogP contribution in [0.3, 0.4) is 0 Å². The van der Waals surface area contributed by atoms with Gasteiger partial charge in [0.1, 0.15) is 17.7 Å². The van der Waals surface area contributed by atoms with Gasteiger partial charge in [-0.3, -0.25) is 4.79 Å². The summed E-state index contributed by atoms with van der Waals surface area (Å²) in [5.74, 6) is 1.03. The summed E-state index contributed by atoms with van der Waals surface area (Å²) in [5, 5.41) is 0.951. The predicted octanol–water partition coefficient (Wildman–Crippen LogP) is 2.92. The third-order valence-electron chi connectivity index (χ3n) is 5.08. The van der Waals surface area contributed by atoms with Crippen molar-refractivity contribution in [3.05, 3.63) is 53.7 Å². The van der Waals surface area contributed by atoms with Crippen molar-refractivity contribution in [1.29, 1.82) is 0 Å². The highest BCUT2D eigenvalue weighted by atomic mass is 16.3. The number of amides is 1. The summed E-state index contributed by atoms with van der Waals surface area (Å²) in [5.41, 5.74) is 3.71. The first-order valence-electron chi connectivity index (χ1n) is 8.97. The summed E-state index contributed by atoms with van der Waals surface area (Å²) in [4.78, 5) is 26.0. The molecule has 134 valence electrons. The molecule has 1 amide bonds. The molecule has 2 aromatic heterocycles. The van der Waals surface area contributed by atoms with Crippen LogP contribution in [-0.4, -0.2) is 47.5 Å². The second-order valence-electron chi connectivity index (χ2n) is 6.60. The molecule has 0 fully saturated rings. The van der Waals surface area contributed by atoms with Gasteiger partial charge in [0.15, 0.2) is 0 Å². The van der Waals surface area contributed by atoms with Crippen molar-refractivity contribution in [1.82, 2.24) is 14.9 Å². The molecule has 0 saturated heterocycles. The van der Waals surface area contributed by atoms with E-state index in [9.17, 15) is 4.79 Å². The number of rotatable bonds is 3. The molecule has 1 aromatic carbocycles. The van der Waals surface area contributed by atoms with Gasteiger partial charge < -0.3 is 14.2 Å². The number of carbonyl (C=O) groups is 1. The lowest BCUT2D eigenvalue weighted by molar-refractivity contribution is 0.0763. The number of aromatic nitrogens is 2. The van der Waals surface area contributed by atoms with E-state index in [4.69, 9.17) is 4.42 Å². The smallest absolute Gasteiger partial charge is 0.253 e. The van der Waals surface area contributed by atoms with Crippen LogP contribution in [0, 0.1) is 0 Å². The van der Waals surface area contributed by atoms with E-state index >= 15 is 0 Å². The highest BCUT2D eigenvalue weighted by Crippen LogP contribution is 2.24. The van der Waals surface area contributed by atoms with Gasteiger partial charge in [0, 0.05) is 49.6 Å². The molecule has 4 rings (SSSR count). The zero-order valence-corrected chi connectivity index (χ0v) is 15.1. The molecule has 1 aliphatic heterocycles. The van der Waals surface area contributed by atoms with Crippen molar-refractivity contribution < 1.29 is 9.21 Å². The maximum absolute atomic E-state index is 13.0. The summed E-state index contributed by atoms with van der Waals surface area (Å²) < 4.78 is 5.36. The third kappa shape index (κ3) is 2.92. The average Bonchev–Trinajstić information content (AvgIpc) is 3.04. The van der Waals surface area contributed by atoms with Crippen LogP contribution in [0.25, 0.3) is 11.0 Å². The summed E-state index contributed by atoms with van der Waals surface area (Å²) in [7, 11) is 2.04. The maximum Gasteiger partial charge on any atom is 0.253 e. The Balaban J connectivity index is 1.57. The number of nitrogens with zero attached hydrogens (tertiary/aromatic N) is 4. The monoisotopic (exact) mass is 350 g/mol. The van der Waals surface area contributed by atoms with Crippen LogP contribution in [0.15, 0.2) is 41.3 Å². The number of benzene rings is 1. The molecule has 0 radical (unpaired) electrons. The van der Waals surface area contributed by atoms with Crippen molar-refractivity contribution in [2.45, 2.75) is 19.8 Å². The summed E-state index contributed by atoms with van der Waals surface area (Å²) in [6.07, 6.45) is 4.80. The van der Waals surface area contributed by atoms with Gasteiger partial charge >= 0.3 is 0 Å². The Bertz CT molecular complexity index is 950. The van der Waals surface area contributed by atoms with Crippen LogP contribution in [-0.2, 0) is 12.8 Å². The summed E-state index contributed by atoms with van der Waals surface area (Å²) in [6, 6.07) is 7.47. The van der Waals surface area contributed by atoms with Crippen LogP contribution in [0.1, 0.15) is 28.5 Å². The minimum absolute atomic E-state index is 0.0549. The van der Waals surface area contributed by atoms with Gasteiger partial charge in [-0.05, 0) is 37.6 Å². The minimum Gasteiger partial charge on any atom is -0.464 e. The van der Waals surface area contributed by atoms with Gasteiger partial charge in [0.05, 0.1) is 12.0 Å². The van der Waals surface area contributed by atoms with Gasteiger partial charge in [0.25, 0.3) is 5.91 Å². The highest BCUT2D eigenvalue weighted by molar-refractivity contribution is 5.97. The predicted molar refractivity (Wildman–Crippen MR) is 101 cm³/mol. The van der Waals surface area contributed by atoms with Crippen molar-refractivity contribution in [3.8, 4) is 0 Å². The number of carbonyl (C=O) groups excluding carboxylic acids is 1. The fraction of sp³-hybridized carbons (Fsp3) is 0.350. The first-order chi connectivity index (χ1) is 12.7. The van der Waals surface area contributed by atoms with Gasteiger partial charge in [-0.15, -0.1) is 0 Å². The van der Waals surface area contributed by atoms with Crippen molar-refractivity contribution in [2.75, 3.05) is 31.6 Å². The lowest BCUT2D eigenvalue weighted by Gasteiger charge is -2.21. The Morgan fingerprint density at radius 1 is 1.23 bits per heavy atom. The molecular formula is C20H22N4O2. The lowest BCUT2D eigenvalue weighted by Crippen LogP contribution is -2.33. The SMILES string of the molecule is CCN(C)c1ncnc2c1CCN(C(=O)c1ccc3occc3c1)CC2. The Kier molecular flexibility index (Phi) is 4.32. The number of hydrogen-bond acceptors (Lipinski definition) is 5. The van der Waals surface area contributed by atoms with Crippen molar-refractivity contribution in [3.63, 3.8) is 0 Å². The molecule has 0 spiro atoms. The second-order valence-corrected chi connectivity index (χ2v) is 6.60. The molecule has 0 saturated carbocycles. The highest BCUT2D eigenvalue weighted by Gasteiger charge is 2.23. The topological polar surface area (TPSA) is 62.5 Å². The van der Waals surface area contributed by atoms with Crippen molar-refractivity contribution in [2.24, 2.45) is 0 Å². The van der Waals surface area contributed by atoms with E-state index in [0.29, 0.717) is 18.7 Å². The summed E-state index contributed by atoms with van der Waals surface area (Å²) in [6.45, 7) is 4.33. The number of furan rings is 1. The molecule has 3 aromatic rings. The van der Waals surface area contributed by atoms with Gasteiger partial charge in [0.2, 0.25) is 0 Å². The van der Waals surface area contributed by atoms with Crippen LogP contribution in [0.2, 0.25) is 0 Å². The summed E-state index contributed by atoms with van der Waals surface area (Å²) >= 11 is 0. The Morgan fingerprint density at radius 3 is 2.92 bits per heavy atom. The quantitative estimate of drug-likeness (QED) is 0.727. The van der Waals surface area contributed by atoms with E-state index in [1.165, 1.54) is 0 Å². The van der Waals surface area contributed by atoms with Gasteiger partial charge in [-0.1, -0.05) is 0 Å². The van der Waals surface area contributed by atoms with E-state index in [2.05, 4.69) is 21.8 Å². The molecule has 0 N–H and O–H groups in total. The van der Waals surface area contributed by atoms with E-state index in [1.807, 2.05) is 36.2 Å². The van der Waals surface area contributed by atoms with E-state index < -0.39 is 0 Å². The Labute approximate surface area is 152 Å². The van der Waals surface area contributed by atoms with Crippen LogP contribution in [0.4, 0.5) is 5.82 Å². The largest absolute Gasteiger partial charge is 0.464 e. The first kappa shape index (κ1) is 16.6. The molecular weight excluding hydrogens is 328 g/mol. The third-order valence-corrected chi connectivity index (χ3v) is 5.08. The molecule has 6 heteroatoms. The lowest BCUT2D eigenvalue weighted by atomic mass is 10.1. The number of fused-ring (bicyclic) bond motifs is 2. The molecule has 26 heavy (non-hydrogen) atoms. The first-order valence-corrected chi connectivity index (χ1v) is 8.97. The number of anilines is 1. The van der Waals surface area contributed by atoms with Gasteiger partial charge in [-0.2, -0.15) is 0 Å². The fourth-order valence-electron chi connectivity index (χ4n) is 3.47. The standard InChI is InChI=1S/C20H22N4O2/c1-3-23(2)19-16-6-9-24(10-7-17(16)21-13-22-19)20(25)15-4-5-18-14(12-15)8-11-26-18/h4-5,8,11-13H,3,6-7,9-10H2,1-2H3. The number of hydrogen-bond donors (Lipinski definition) is 0. The minimum atomic E-state index is 0.0549. The van der Waals surface area contributed by atoms with Crippen LogP contribution < -0.4 is 4.90 Å². The Hall–Kier alpha value is -2.89. The van der Waals surface area contributed by atoms with E-state index in [-0.39, 0.29) is 5.91 Å². The Morgan fingerprint density at radius 2 is 2.08 bits per heavy atom. The molecule has 6 nitrogen and oxygen atoms in total. The fourth-order valence-corrected chi connectivity index (χ4v) is 3.47. The zero-order chi connectivity index (χ0) is 18.1. The zero-order valence-electron chi connectivity index (χ0n) is 15.1. The van der Waals surface area contributed by atoms with E-state index in [1.54, 1.807) is 12.6 Å². The molecule has 3 heterocycles. The van der Waals surface area contributed by atoms with Gasteiger partial charge in [-0.25, -0.2) is 9.97 Å².